The molecule has 4 amide bonds. The van der Waals surface area contributed by atoms with E-state index in [0.717, 1.165) is 57.4 Å². The zero-order valence-electron chi connectivity index (χ0n) is 20.1. The molecule has 1 aliphatic carbocycles. The Kier molecular flexibility index (Phi) is 7.02. The minimum absolute atomic E-state index is 0.0582. The van der Waals surface area contributed by atoms with Crippen molar-refractivity contribution in [3.63, 3.8) is 0 Å². The summed E-state index contributed by atoms with van der Waals surface area (Å²) in [6.45, 7) is 3.70. The molecule has 1 atom stereocenters. The molecule has 7 heteroatoms. The standard InChI is InChI=1S/C28H34N4O3/c33-26-19-25(22-7-3-1-4-8-22)29-28(35)32(26)20-21-11-13-23(14-12-21)27(34)31-17-15-30(16-18-31)24-9-5-2-6-10-24/h1-10,21,23,25H,11-20H2,(H,29,35). The van der Waals surface area contributed by atoms with E-state index < -0.39 is 0 Å². The average molecular weight is 475 g/mol. The number of amides is 4. The number of piperazine rings is 1. The highest BCUT2D eigenvalue weighted by Crippen LogP contribution is 2.32. The van der Waals surface area contributed by atoms with E-state index in [4.69, 9.17) is 0 Å². The molecule has 1 saturated carbocycles. The Morgan fingerprint density at radius 3 is 2.09 bits per heavy atom. The number of urea groups is 1. The molecule has 2 aliphatic heterocycles. The molecule has 2 aromatic rings. The lowest BCUT2D eigenvalue weighted by molar-refractivity contribution is -0.137. The smallest absolute Gasteiger partial charge is 0.324 e. The second-order valence-corrected chi connectivity index (χ2v) is 9.99. The summed E-state index contributed by atoms with van der Waals surface area (Å²) in [5.41, 5.74) is 2.17. The lowest BCUT2D eigenvalue weighted by Gasteiger charge is -2.39. The van der Waals surface area contributed by atoms with Crippen LogP contribution in [0.1, 0.15) is 43.7 Å². The van der Waals surface area contributed by atoms with Gasteiger partial charge in [-0.1, -0.05) is 48.5 Å². The van der Waals surface area contributed by atoms with Crippen molar-refractivity contribution in [2.75, 3.05) is 37.6 Å². The number of rotatable bonds is 5. The van der Waals surface area contributed by atoms with E-state index in [1.165, 1.54) is 10.6 Å². The van der Waals surface area contributed by atoms with Crippen LogP contribution in [0.25, 0.3) is 0 Å². The number of carbonyl (C=O) groups is 3. The van der Waals surface area contributed by atoms with Gasteiger partial charge in [0.2, 0.25) is 11.8 Å². The minimum Gasteiger partial charge on any atom is -0.368 e. The zero-order valence-corrected chi connectivity index (χ0v) is 20.1. The molecule has 1 N–H and O–H groups in total. The van der Waals surface area contributed by atoms with Gasteiger partial charge in [-0.05, 0) is 49.3 Å². The van der Waals surface area contributed by atoms with Crippen LogP contribution in [-0.4, -0.2) is 60.4 Å². The Labute approximate surface area is 207 Å². The van der Waals surface area contributed by atoms with Crippen molar-refractivity contribution in [2.45, 2.75) is 38.1 Å². The van der Waals surface area contributed by atoms with E-state index in [0.29, 0.717) is 13.0 Å². The Morgan fingerprint density at radius 1 is 0.829 bits per heavy atom. The molecule has 3 aliphatic rings. The van der Waals surface area contributed by atoms with Crippen LogP contribution in [0.15, 0.2) is 60.7 Å². The zero-order chi connectivity index (χ0) is 24.2. The van der Waals surface area contributed by atoms with E-state index in [-0.39, 0.29) is 35.7 Å². The second kappa shape index (κ2) is 10.5. The first-order valence-electron chi connectivity index (χ1n) is 12.8. The van der Waals surface area contributed by atoms with Crippen molar-refractivity contribution in [1.82, 2.24) is 15.1 Å². The van der Waals surface area contributed by atoms with Gasteiger partial charge in [-0.25, -0.2) is 4.79 Å². The predicted molar refractivity (Wildman–Crippen MR) is 135 cm³/mol. The number of hydrogen-bond acceptors (Lipinski definition) is 4. The number of nitrogens with one attached hydrogen (secondary N) is 1. The van der Waals surface area contributed by atoms with E-state index in [1.807, 2.05) is 53.4 Å². The van der Waals surface area contributed by atoms with Gasteiger partial charge in [0.25, 0.3) is 0 Å². The molecule has 0 radical (unpaired) electrons. The third-order valence-electron chi connectivity index (χ3n) is 7.77. The van der Waals surface area contributed by atoms with Gasteiger partial charge in [-0.3, -0.25) is 14.5 Å². The summed E-state index contributed by atoms with van der Waals surface area (Å²) in [4.78, 5) is 44.4. The molecule has 3 fully saturated rings. The van der Waals surface area contributed by atoms with Crippen LogP contribution in [0.3, 0.4) is 0 Å². The number of nitrogens with zero attached hydrogens (tertiary/aromatic N) is 3. The number of para-hydroxylation sites is 1. The SMILES string of the molecule is O=C(C1CCC(CN2C(=O)CC(c3ccccc3)NC2=O)CC1)N1CCN(c2ccccc2)CC1. The topological polar surface area (TPSA) is 73.0 Å². The molecule has 0 aromatic heterocycles. The Morgan fingerprint density at radius 2 is 1.46 bits per heavy atom. The largest absolute Gasteiger partial charge is 0.368 e. The highest BCUT2D eigenvalue weighted by Gasteiger charge is 2.36. The van der Waals surface area contributed by atoms with Gasteiger partial charge in [-0.2, -0.15) is 0 Å². The van der Waals surface area contributed by atoms with Crippen molar-refractivity contribution >= 4 is 23.5 Å². The fourth-order valence-corrected chi connectivity index (χ4v) is 5.68. The van der Waals surface area contributed by atoms with Crippen LogP contribution in [0, 0.1) is 11.8 Å². The van der Waals surface area contributed by atoms with Gasteiger partial charge in [0.1, 0.15) is 0 Å². The summed E-state index contributed by atoms with van der Waals surface area (Å²) in [7, 11) is 0. The molecule has 2 aromatic carbocycles. The maximum atomic E-state index is 13.1. The molecule has 0 spiro atoms. The van der Waals surface area contributed by atoms with E-state index in [1.54, 1.807) is 0 Å². The first kappa shape index (κ1) is 23.4. The van der Waals surface area contributed by atoms with Gasteiger partial charge >= 0.3 is 6.03 Å². The van der Waals surface area contributed by atoms with Gasteiger partial charge < -0.3 is 15.1 Å². The molecule has 2 heterocycles. The Bertz CT molecular complexity index is 1010. The summed E-state index contributed by atoms with van der Waals surface area (Å²) in [5.74, 6) is 0.477. The fourth-order valence-electron chi connectivity index (χ4n) is 5.68. The number of imide groups is 1. The number of hydrogen-bond donors (Lipinski definition) is 1. The van der Waals surface area contributed by atoms with Gasteiger partial charge in [-0.15, -0.1) is 0 Å². The van der Waals surface area contributed by atoms with E-state index in [9.17, 15) is 14.4 Å². The third kappa shape index (κ3) is 5.34. The maximum Gasteiger partial charge on any atom is 0.324 e. The molecular formula is C28H34N4O3. The van der Waals surface area contributed by atoms with E-state index >= 15 is 0 Å². The van der Waals surface area contributed by atoms with Crippen LogP contribution in [0.2, 0.25) is 0 Å². The number of anilines is 1. The van der Waals surface area contributed by atoms with Crippen molar-refractivity contribution < 1.29 is 14.4 Å². The average Bonchev–Trinajstić information content (AvgIpc) is 2.92. The summed E-state index contributed by atoms with van der Waals surface area (Å²) < 4.78 is 0. The van der Waals surface area contributed by atoms with Crippen molar-refractivity contribution in [1.29, 1.82) is 0 Å². The molecule has 35 heavy (non-hydrogen) atoms. The van der Waals surface area contributed by atoms with Crippen molar-refractivity contribution in [2.24, 2.45) is 11.8 Å². The number of carbonyl (C=O) groups excluding carboxylic acids is 3. The number of benzene rings is 2. The van der Waals surface area contributed by atoms with E-state index in [2.05, 4.69) is 22.3 Å². The second-order valence-electron chi connectivity index (χ2n) is 9.99. The van der Waals surface area contributed by atoms with Crippen molar-refractivity contribution in [3.8, 4) is 0 Å². The summed E-state index contributed by atoms with van der Waals surface area (Å²) >= 11 is 0. The molecule has 2 saturated heterocycles. The van der Waals surface area contributed by atoms with Crippen LogP contribution < -0.4 is 10.2 Å². The third-order valence-corrected chi connectivity index (χ3v) is 7.77. The monoisotopic (exact) mass is 474 g/mol. The van der Waals surface area contributed by atoms with Crippen LogP contribution in [0.4, 0.5) is 10.5 Å². The Balaban J connectivity index is 1.08. The van der Waals surface area contributed by atoms with Crippen LogP contribution in [0.5, 0.6) is 0 Å². The molecule has 184 valence electrons. The van der Waals surface area contributed by atoms with Gasteiger partial charge in [0, 0.05) is 44.3 Å². The fraction of sp³-hybridized carbons (Fsp3) is 0.464. The molecule has 7 nitrogen and oxygen atoms in total. The highest BCUT2D eigenvalue weighted by atomic mass is 16.2. The Hall–Kier alpha value is -3.35. The van der Waals surface area contributed by atoms with Crippen LogP contribution in [-0.2, 0) is 9.59 Å². The molecule has 0 bridgehead atoms. The lowest BCUT2D eigenvalue weighted by Crippen LogP contribution is -2.53. The molecule has 5 rings (SSSR count). The predicted octanol–water partition coefficient (Wildman–Crippen LogP) is 3.82. The first-order valence-corrected chi connectivity index (χ1v) is 12.8. The summed E-state index contributed by atoms with van der Waals surface area (Å²) in [6, 6.07) is 19.4. The maximum absolute atomic E-state index is 13.1. The molecular weight excluding hydrogens is 440 g/mol. The summed E-state index contributed by atoms with van der Waals surface area (Å²) in [6.07, 6.45) is 3.70. The highest BCUT2D eigenvalue weighted by molar-refractivity contribution is 5.97. The van der Waals surface area contributed by atoms with Gasteiger partial charge in [0.05, 0.1) is 12.5 Å². The minimum atomic E-state index is -0.301. The quantitative estimate of drug-likeness (QED) is 0.715. The normalized spacial score (nSPS) is 25.4. The molecule has 1 unspecified atom stereocenters. The van der Waals surface area contributed by atoms with Crippen molar-refractivity contribution in [3.05, 3.63) is 66.2 Å². The van der Waals surface area contributed by atoms with Crippen LogP contribution >= 0.6 is 0 Å². The first-order chi connectivity index (χ1) is 17.1. The lowest BCUT2D eigenvalue weighted by atomic mass is 9.81. The summed E-state index contributed by atoms with van der Waals surface area (Å²) in [5, 5.41) is 2.99. The van der Waals surface area contributed by atoms with Gasteiger partial charge in [0.15, 0.2) is 0 Å².